The molecule has 0 unspecified atom stereocenters. The highest BCUT2D eigenvalue weighted by molar-refractivity contribution is 5.93. The van der Waals surface area contributed by atoms with Crippen molar-refractivity contribution in [3.05, 3.63) is 51.4 Å². The summed E-state index contributed by atoms with van der Waals surface area (Å²) in [4.78, 5) is 25.0. The number of benzene rings is 1. The summed E-state index contributed by atoms with van der Waals surface area (Å²) in [5.74, 6) is 1.24. The van der Waals surface area contributed by atoms with Crippen molar-refractivity contribution in [3.8, 4) is 17.2 Å². The van der Waals surface area contributed by atoms with Crippen LogP contribution in [0.3, 0.4) is 0 Å². The normalized spacial score (nSPS) is 10.6. The fourth-order valence-electron chi connectivity index (χ4n) is 2.92. The second kappa shape index (κ2) is 8.62. The Morgan fingerprint density at radius 2 is 1.67 bits per heavy atom. The first-order valence-electron chi connectivity index (χ1n) is 8.61. The van der Waals surface area contributed by atoms with E-state index in [0.29, 0.717) is 17.2 Å². The van der Waals surface area contributed by atoms with Crippen LogP contribution in [0.15, 0.2) is 29.1 Å². The first-order valence-corrected chi connectivity index (χ1v) is 8.61. The summed E-state index contributed by atoms with van der Waals surface area (Å²) in [6.45, 7) is 4.21. The van der Waals surface area contributed by atoms with Crippen molar-refractivity contribution in [3.63, 3.8) is 0 Å². The highest BCUT2D eigenvalue weighted by Gasteiger charge is 2.16. The second-order valence-electron chi connectivity index (χ2n) is 6.41. The molecule has 0 fully saturated rings. The van der Waals surface area contributed by atoms with E-state index in [0.717, 1.165) is 11.3 Å². The predicted octanol–water partition coefficient (Wildman–Crippen LogP) is 2.46. The lowest BCUT2D eigenvalue weighted by molar-refractivity contribution is 0.0948. The summed E-state index contributed by atoms with van der Waals surface area (Å²) in [5, 5.41) is 2.77. The molecule has 27 heavy (non-hydrogen) atoms. The third-order valence-corrected chi connectivity index (χ3v) is 4.36. The van der Waals surface area contributed by atoms with E-state index in [4.69, 9.17) is 14.2 Å². The zero-order valence-electron chi connectivity index (χ0n) is 16.6. The molecule has 2 rings (SSSR count). The van der Waals surface area contributed by atoms with Crippen molar-refractivity contribution < 1.29 is 19.0 Å². The number of amides is 1. The Kier molecular flexibility index (Phi) is 6.50. The summed E-state index contributed by atoms with van der Waals surface area (Å²) in [7, 11) is 6.26. The van der Waals surface area contributed by atoms with Gasteiger partial charge >= 0.3 is 0 Å². The Morgan fingerprint density at radius 1 is 1.07 bits per heavy atom. The van der Waals surface area contributed by atoms with Gasteiger partial charge in [0.2, 0.25) is 5.75 Å². The number of nitrogens with zero attached hydrogens (tertiary/aromatic N) is 1. The molecule has 0 saturated heterocycles. The molecule has 1 N–H and O–H groups in total. The summed E-state index contributed by atoms with van der Waals surface area (Å²) in [6.07, 6.45) is 0. The molecule has 146 valence electrons. The molecule has 2 aromatic rings. The summed E-state index contributed by atoms with van der Waals surface area (Å²) >= 11 is 0. The molecule has 0 aliphatic rings. The smallest absolute Gasteiger partial charge is 0.263 e. The zero-order chi connectivity index (χ0) is 20.1. The van der Waals surface area contributed by atoms with Gasteiger partial charge in [0.05, 0.1) is 21.3 Å². The number of ether oxygens (including phenoxy) is 3. The molecule has 1 heterocycles. The number of nitrogens with one attached hydrogen (secondary N) is 1. The molecule has 0 spiro atoms. The number of hydrogen-bond acceptors (Lipinski definition) is 5. The van der Waals surface area contributed by atoms with Gasteiger partial charge in [0.1, 0.15) is 5.56 Å². The Morgan fingerprint density at radius 3 is 2.15 bits per heavy atom. The first-order chi connectivity index (χ1) is 12.8. The van der Waals surface area contributed by atoms with E-state index in [2.05, 4.69) is 5.32 Å². The third kappa shape index (κ3) is 4.24. The lowest BCUT2D eigenvalue weighted by Gasteiger charge is -2.15. The van der Waals surface area contributed by atoms with Crippen molar-refractivity contribution in [1.82, 2.24) is 9.88 Å². The van der Waals surface area contributed by atoms with Crippen LogP contribution in [0, 0.1) is 0 Å². The van der Waals surface area contributed by atoms with Gasteiger partial charge in [-0.15, -0.1) is 0 Å². The molecule has 7 nitrogen and oxygen atoms in total. The summed E-state index contributed by atoms with van der Waals surface area (Å²) in [5.41, 5.74) is 1.42. The van der Waals surface area contributed by atoms with Gasteiger partial charge in [0, 0.05) is 19.3 Å². The van der Waals surface area contributed by atoms with Crippen LogP contribution in [-0.2, 0) is 13.6 Å². The van der Waals surface area contributed by atoms with Crippen LogP contribution in [0.5, 0.6) is 17.2 Å². The second-order valence-corrected chi connectivity index (χ2v) is 6.41. The van der Waals surface area contributed by atoms with E-state index in [1.54, 1.807) is 31.3 Å². The van der Waals surface area contributed by atoms with Crippen molar-refractivity contribution >= 4 is 5.91 Å². The van der Waals surface area contributed by atoms with Crippen LogP contribution in [0.1, 0.15) is 41.4 Å². The van der Waals surface area contributed by atoms with Crippen LogP contribution in [0.2, 0.25) is 0 Å². The monoisotopic (exact) mass is 374 g/mol. The maximum absolute atomic E-state index is 12.5. The fraction of sp³-hybridized carbons (Fsp3) is 0.400. The highest BCUT2D eigenvalue weighted by Crippen LogP contribution is 2.38. The molecule has 0 aliphatic carbocycles. The minimum atomic E-state index is -0.431. The van der Waals surface area contributed by atoms with Gasteiger partial charge in [-0.05, 0) is 35.7 Å². The van der Waals surface area contributed by atoms with Gasteiger partial charge in [0.15, 0.2) is 11.5 Å². The molecule has 0 bridgehead atoms. The Balaban J connectivity index is 2.24. The minimum absolute atomic E-state index is 0.106. The van der Waals surface area contributed by atoms with E-state index in [1.165, 1.54) is 25.9 Å². The standard InChI is InChI=1S/C20H26N2O5/c1-12(2)15-8-7-14(20(24)22(15)3)19(23)21-11-13-9-16(25-4)18(27-6)17(10-13)26-5/h7-10,12H,11H2,1-6H3,(H,21,23). The average Bonchev–Trinajstić information content (AvgIpc) is 2.66. The number of hydrogen-bond donors (Lipinski definition) is 1. The molecule has 1 aromatic carbocycles. The molecular formula is C20H26N2O5. The Bertz CT molecular complexity index is 861. The quantitative estimate of drug-likeness (QED) is 0.805. The SMILES string of the molecule is COc1cc(CNC(=O)c2ccc(C(C)C)n(C)c2=O)cc(OC)c1OC. The van der Waals surface area contributed by atoms with E-state index in [-0.39, 0.29) is 23.6 Å². The van der Waals surface area contributed by atoms with Crippen LogP contribution in [0.4, 0.5) is 0 Å². The number of aromatic nitrogens is 1. The van der Waals surface area contributed by atoms with Gasteiger partial charge < -0.3 is 24.1 Å². The van der Waals surface area contributed by atoms with Crippen molar-refractivity contribution in [2.24, 2.45) is 7.05 Å². The lowest BCUT2D eigenvalue weighted by Crippen LogP contribution is -2.33. The molecule has 0 aliphatic heterocycles. The van der Waals surface area contributed by atoms with Crippen molar-refractivity contribution in [1.29, 1.82) is 0 Å². The minimum Gasteiger partial charge on any atom is -0.493 e. The largest absolute Gasteiger partial charge is 0.493 e. The molecule has 1 aromatic heterocycles. The number of carbonyl (C=O) groups is 1. The average molecular weight is 374 g/mol. The Hall–Kier alpha value is -2.96. The van der Waals surface area contributed by atoms with Gasteiger partial charge in [-0.1, -0.05) is 13.8 Å². The van der Waals surface area contributed by atoms with Crippen LogP contribution in [0.25, 0.3) is 0 Å². The topological polar surface area (TPSA) is 78.8 Å². The maximum atomic E-state index is 12.5. The van der Waals surface area contributed by atoms with E-state index < -0.39 is 5.91 Å². The highest BCUT2D eigenvalue weighted by atomic mass is 16.5. The Labute approximate surface area is 158 Å². The predicted molar refractivity (Wildman–Crippen MR) is 103 cm³/mol. The number of methoxy groups -OCH3 is 3. The number of carbonyl (C=O) groups excluding carboxylic acids is 1. The molecule has 0 radical (unpaired) electrons. The third-order valence-electron chi connectivity index (χ3n) is 4.36. The van der Waals surface area contributed by atoms with E-state index >= 15 is 0 Å². The molecule has 1 amide bonds. The summed E-state index contributed by atoms with van der Waals surface area (Å²) < 4.78 is 17.4. The van der Waals surface area contributed by atoms with Gasteiger partial charge in [0.25, 0.3) is 11.5 Å². The number of pyridine rings is 1. The van der Waals surface area contributed by atoms with Crippen molar-refractivity contribution in [2.75, 3.05) is 21.3 Å². The van der Waals surface area contributed by atoms with Crippen LogP contribution >= 0.6 is 0 Å². The maximum Gasteiger partial charge on any atom is 0.263 e. The van der Waals surface area contributed by atoms with E-state index in [1.807, 2.05) is 13.8 Å². The van der Waals surface area contributed by atoms with Crippen LogP contribution < -0.4 is 25.1 Å². The molecule has 7 heteroatoms. The first kappa shape index (κ1) is 20.4. The fourth-order valence-corrected chi connectivity index (χ4v) is 2.92. The van der Waals surface area contributed by atoms with Gasteiger partial charge in [-0.25, -0.2) is 0 Å². The zero-order valence-corrected chi connectivity index (χ0v) is 16.6. The number of rotatable bonds is 7. The lowest BCUT2D eigenvalue weighted by atomic mass is 10.1. The summed E-state index contributed by atoms with van der Waals surface area (Å²) in [6, 6.07) is 6.88. The van der Waals surface area contributed by atoms with Crippen molar-refractivity contribution in [2.45, 2.75) is 26.3 Å². The van der Waals surface area contributed by atoms with E-state index in [9.17, 15) is 9.59 Å². The van der Waals surface area contributed by atoms with Gasteiger partial charge in [-0.2, -0.15) is 0 Å². The van der Waals surface area contributed by atoms with Gasteiger partial charge in [-0.3, -0.25) is 9.59 Å². The molecule has 0 saturated carbocycles. The molecule has 0 atom stereocenters. The van der Waals surface area contributed by atoms with Crippen LogP contribution in [-0.4, -0.2) is 31.8 Å². The molecular weight excluding hydrogens is 348 g/mol.